The van der Waals surface area contributed by atoms with Crippen molar-refractivity contribution in [2.24, 2.45) is 0 Å². The minimum Gasteiger partial charge on any atom is -0.507 e. The molecule has 0 spiro atoms. The summed E-state index contributed by atoms with van der Waals surface area (Å²) in [7, 11) is 1.70. The Morgan fingerprint density at radius 3 is 1.38 bits per heavy atom. The Balaban J connectivity index is 2.77. The SMILES string of the molecule is Oc1cccc([SiH3])c1-c1c(O)cccc1[SiH3]. The lowest BCUT2D eigenvalue weighted by Crippen LogP contribution is -2.13. The molecular formula is C12H14O2Si2. The smallest absolute Gasteiger partial charge is 0.123 e. The van der Waals surface area contributed by atoms with Crippen molar-refractivity contribution in [3.63, 3.8) is 0 Å². The van der Waals surface area contributed by atoms with E-state index in [1.165, 1.54) is 0 Å². The lowest BCUT2D eigenvalue weighted by Gasteiger charge is -2.13. The molecule has 4 heteroatoms. The summed E-state index contributed by atoms with van der Waals surface area (Å²) in [5.74, 6) is 0.511. The summed E-state index contributed by atoms with van der Waals surface area (Å²) < 4.78 is 0. The van der Waals surface area contributed by atoms with Gasteiger partial charge in [-0.05, 0) is 12.1 Å². The first kappa shape index (κ1) is 11.0. The summed E-state index contributed by atoms with van der Waals surface area (Å²) in [6, 6.07) is 11.0. The van der Waals surface area contributed by atoms with Gasteiger partial charge in [0.1, 0.15) is 11.5 Å². The second-order valence-corrected chi connectivity index (χ2v) is 6.09. The zero-order valence-corrected chi connectivity index (χ0v) is 13.4. The summed E-state index contributed by atoms with van der Waals surface area (Å²) in [5, 5.41) is 22.1. The van der Waals surface area contributed by atoms with E-state index in [0.29, 0.717) is 0 Å². The number of hydrogen-bond acceptors (Lipinski definition) is 2. The van der Waals surface area contributed by atoms with Crippen molar-refractivity contribution in [1.29, 1.82) is 0 Å². The monoisotopic (exact) mass is 246 g/mol. The van der Waals surface area contributed by atoms with E-state index in [9.17, 15) is 10.2 Å². The number of phenols is 2. The molecule has 16 heavy (non-hydrogen) atoms. The normalized spacial score (nSPS) is 10.8. The Hall–Kier alpha value is -1.53. The predicted octanol–water partition coefficient (Wildman–Crippen LogP) is -1.25. The summed E-state index contributed by atoms with van der Waals surface area (Å²) in [5.41, 5.74) is 1.61. The average Bonchev–Trinajstić information content (AvgIpc) is 2.21. The van der Waals surface area contributed by atoms with Crippen molar-refractivity contribution >= 4 is 30.9 Å². The molecule has 2 rings (SSSR count). The summed E-state index contributed by atoms with van der Waals surface area (Å²) in [6.07, 6.45) is 0. The fourth-order valence-corrected chi connectivity index (χ4v) is 3.35. The maximum absolute atomic E-state index is 9.92. The third-order valence-electron chi connectivity index (χ3n) is 2.75. The molecule has 0 unspecified atom stereocenters. The van der Waals surface area contributed by atoms with E-state index in [4.69, 9.17) is 0 Å². The Morgan fingerprint density at radius 2 is 1.06 bits per heavy atom. The molecular weight excluding hydrogens is 232 g/mol. The third kappa shape index (κ3) is 1.77. The molecule has 0 aromatic heterocycles. The van der Waals surface area contributed by atoms with Crippen LogP contribution in [0.5, 0.6) is 11.5 Å². The molecule has 2 nitrogen and oxygen atoms in total. The van der Waals surface area contributed by atoms with Crippen molar-refractivity contribution in [3.8, 4) is 22.6 Å². The van der Waals surface area contributed by atoms with Crippen molar-refractivity contribution in [3.05, 3.63) is 36.4 Å². The molecule has 0 fully saturated rings. The molecule has 0 saturated carbocycles. The summed E-state index contributed by atoms with van der Waals surface area (Å²) in [6.45, 7) is 0. The minimum atomic E-state index is 0.256. The first-order chi connectivity index (χ1) is 7.61. The molecule has 0 saturated heterocycles. The van der Waals surface area contributed by atoms with Gasteiger partial charge in [-0.3, -0.25) is 0 Å². The first-order valence-corrected chi connectivity index (χ1v) is 7.19. The maximum atomic E-state index is 9.92. The van der Waals surface area contributed by atoms with Crippen LogP contribution in [0.15, 0.2) is 36.4 Å². The molecule has 0 aliphatic rings. The molecule has 82 valence electrons. The molecule has 0 aliphatic heterocycles. The van der Waals surface area contributed by atoms with Crippen molar-refractivity contribution < 1.29 is 10.2 Å². The predicted molar refractivity (Wildman–Crippen MR) is 74.4 cm³/mol. The topological polar surface area (TPSA) is 40.5 Å². The number of rotatable bonds is 1. The van der Waals surface area contributed by atoms with Crippen LogP contribution in [0.2, 0.25) is 0 Å². The van der Waals surface area contributed by atoms with E-state index in [-0.39, 0.29) is 11.5 Å². The Bertz CT molecular complexity index is 449. The van der Waals surface area contributed by atoms with Gasteiger partial charge >= 0.3 is 0 Å². The van der Waals surface area contributed by atoms with Gasteiger partial charge in [-0.15, -0.1) is 0 Å². The highest BCUT2D eigenvalue weighted by atomic mass is 28.1. The van der Waals surface area contributed by atoms with Gasteiger partial charge in [0.15, 0.2) is 0 Å². The Morgan fingerprint density at radius 1 is 0.688 bits per heavy atom. The molecule has 0 heterocycles. The summed E-state index contributed by atoms with van der Waals surface area (Å²) in [4.78, 5) is 0. The van der Waals surface area contributed by atoms with Crippen LogP contribution in [0.1, 0.15) is 0 Å². The molecule has 0 aliphatic carbocycles. The average molecular weight is 246 g/mol. The van der Waals surface area contributed by atoms with Crippen LogP contribution in [-0.2, 0) is 0 Å². The van der Waals surface area contributed by atoms with Crippen LogP contribution in [0.25, 0.3) is 11.1 Å². The highest BCUT2D eigenvalue weighted by Crippen LogP contribution is 2.31. The molecule has 0 amide bonds. The van der Waals surface area contributed by atoms with Crippen LogP contribution in [0, 0.1) is 0 Å². The molecule has 0 atom stereocenters. The lowest BCUT2D eigenvalue weighted by molar-refractivity contribution is 0.470. The van der Waals surface area contributed by atoms with E-state index in [0.717, 1.165) is 42.0 Å². The van der Waals surface area contributed by atoms with Gasteiger partial charge in [-0.25, -0.2) is 0 Å². The first-order valence-electron chi connectivity index (χ1n) is 5.19. The fourth-order valence-electron chi connectivity index (χ4n) is 1.96. The molecule has 2 aromatic carbocycles. The molecule has 0 bridgehead atoms. The Labute approximate surface area is 100 Å². The summed E-state index contributed by atoms with van der Waals surface area (Å²) >= 11 is 0. The molecule has 2 N–H and O–H groups in total. The maximum Gasteiger partial charge on any atom is 0.123 e. The van der Waals surface area contributed by atoms with E-state index >= 15 is 0 Å². The lowest BCUT2D eigenvalue weighted by atomic mass is 10.0. The van der Waals surface area contributed by atoms with E-state index in [1.54, 1.807) is 12.1 Å². The number of phenolic OH excluding ortho intramolecular Hbond substituents is 2. The van der Waals surface area contributed by atoms with Crippen LogP contribution >= 0.6 is 0 Å². The molecule has 0 radical (unpaired) electrons. The van der Waals surface area contributed by atoms with Gasteiger partial charge < -0.3 is 10.2 Å². The third-order valence-corrected chi connectivity index (χ3v) is 4.42. The van der Waals surface area contributed by atoms with Crippen LogP contribution < -0.4 is 10.4 Å². The largest absolute Gasteiger partial charge is 0.507 e. The zero-order chi connectivity index (χ0) is 11.7. The number of aromatic hydroxyl groups is 2. The van der Waals surface area contributed by atoms with E-state index in [2.05, 4.69) is 0 Å². The van der Waals surface area contributed by atoms with Gasteiger partial charge in [-0.1, -0.05) is 34.6 Å². The second kappa shape index (κ2) is 4.15. The van der Waals surface area contributed by atoms with Gasteiger partial charge in [0, 0.05) is 31.6 Å². The number of hydrogen-bond donors (Lipinski definition) is 2. The van der Waals surface area contributed by atoms with Gasteiger partial charge in [-0.2, -0.15) is 0 Å². The minimum absolute atomic E-state index is 0.256. The van der Waals surface area contributed by atoms with Gasteiger partial charge in [0.2, 0.25) is 0 Å². The molecule has 2 aromatic rings. The van der Waals surface area contributed by atoms with E-state index in [1.807, 2.05) is 24.3 Å². The van der Waals surface area contributed by atoms with Crippen molar-refractivity contribution in [2.45, 2.75) is 0 Å². The standard InChI is InChI=1S/C12H14O2Si2/c13-7-3-1-5-9(15)11(7)12-8(14)4-2-6-10(12)16/h1-6,13-14H,15-16H3. The van der Waals surface area contributed by atoms with Crippen molar-refractivity contribution in [1.82, 2.24) is 0 Å². The zero-order valence-electron chi connectivity index (χ0n) is 9.36. The van der Waals surface area contributed by atoms with Crippen LogP contribution in [0.3, 0.4) is 0 Å². The van der Waals surface area contributed by atoms with Crippen molar-refractivity contribution in [2.75, 3.05) is 0 Å². The van der Waals surface area contributed by atoms with Crippen LogP contribution in [-0.4, -0.2) is 30.7 Å². The second-order valence-electron chi connectivity index (χ2n) is 3.94. The Kier molecular flexibility index (Phi) is 2.85. The van der Waals surface area contributed by atoms with Crippen LogP contribution in [0.4, 0.5) is 0 Å². The highest BCUT2D eigenvalue weighted by molar-refractivity contribution is 6.41. The quantitative estimate of drug-likeness (QED) is 0.617. The number of benzene rings is 2. The van der Waals surface area contributed by atoms with Gasteiger partial charge in [0.25, 0.3) is 0 Å². The van der Waals surface area contributed by atoms with E-state index < -0.39 is 0 Å². The fraction of sp³-hybridized carbons (Fsp3) is 0. The van der Waals surface area contributed by atoms with Gasteiger partial charge in [0.05, 0.1) is 0 Å². The highest BCUT2D eigenvalue weighted by Gasteiger charge is 2.13.